The third-order valence-corrected chi connectivity index (χ3v) is 7.19. The van der Waals surface area contributed by atoms with E-state index < -0.39 is 23.7 Å². The van der Waals surface area contributed by atoms with Crippen molar-refractivity contribution in [1.29, 1.82) is 0 Å². The molecule has 34 heavy (non-hydrogen) atoms. The van der Waals surface area contributed by atoms with Gasteiger partial charge in [-0.2, -0.15) is 0 Å². The van der Waals surface area contributed by atoms with E-state index in [-0.39, 0.29) is 40.1 Å². The molecule has 3 saturated carbocycles. The van der Waals surface area contributed by atoms with Crippen molar-refractivity contribution in [2.45, 2.75) is 31.7 Å². The van der Waals surface area contributed by atoms with Crippen LogP contribution in [0.4, 0.5) is 10.2 Å². The van der Waals surface area contributed by atoms with Gasteiger partial charge < -0.3 is 19.8 Å². The number of H-pyrrole nitrogens is 1. The number of furan rings is 1. The van der Waals surface area contributed by atoms with E-state index in [0.29, 0.717) is 16.7 Å². The monoisotopic (exact) mass is 482 g/mol. The molecule has 3 aliphatic rings. The molecule has 4 aromatic rings. The number of carbonyl (C=O) groups is 1. The van der Waals surface area contributed by atoms with E-state index in [4.69, 9.17) is 16.0 Å². The Morgan fingerprint density at radius 3 is 2.74 bits per heavy atom. The highest BCUT2D eigenvalue weighted by atomic mass is 35.5. The van der Waals surface area contributed by atoms with Crippen molar-refractivity contribution in [2.75, 3.05) is 5.32 Å². The van der Waals surface area contributed by atoms with E-state index in [0.717, 1.165) is 25.7 Å². The number of nitrogens with zero attached hydrogens (tertiary/aromatic N) is 4. The molecule has 3 aliphatic carbocycles. The highest BCUT2D eigenvalue weighted by Gasteiger charge is 2.47. The minimum Gasteiger partial charge on any atom is -0.481 e. The van der Waals surface area contributed by atoms with E-state index >= 15 is 4.39 Å². The summed E-state index contributed by atoms with van der Waals surface area (Å²) in [5, 5.41) is 13.3. The third kappa shape index (κ3) is 3.40. The van der Waals surface area contributed by atoms with Crippen molar-refractivity contribution < 1.29 is 18.7 Å². The van der Waals surface area contributed by atoms with Gasteiger partial charge in [0, 0.05) is 12.2 Å². The molecule has 0 aromatic carbocycles. The van der Waals surface area contributed by atoms with Crippen LogP contribution in [0.2, 0.25) is 5.15 Å². The maximum atomic E-state index is 15.7. The zero-order chi connectivity index (χ0) is 23.4. The predicted molar refractivity (Wildman–Crippen MR) is 122 cm³/mol. The van der Waals surface area contributed by atoms with E-state index in [1.54, 1.807) is 18.3 Å². The van der Waals surface area contributed by atoms with Crippen LogP contribution in [0.5, 0.6) is 0 Å². The maximum Gasteiger partial charge on any atom is 0.308 e. The summed E-state index contributed by atoms with van der Waals surface area (Å²) < 4.78 is 21.1. The number of fused-ring (bicyclic) bond motifs is 4. The van der Waals surface area contributed by atoms with Crippen LogP contribution < -0.4 is 5.32 Å². The lowest BCUT2D eigenvalue weighted by atomic mass is 9.61. The molecule has 0 unspecified atom stereocenters. The number of anilines is 1. The Labute approximate surface area is 197 Å². The number of rotatable bonds is 5. The van der Waals surface area contributed by atoms with E-state index in [2.05, 4.69) is 30.2 Å². The van der Waals surface area contributed by atoms with Gasteiger partial charge in [0.1, 0.15) is 16.4 Å². The molecule has 11 heteroatoms. The SMILES string of the molecule is O=C(O)[C@H]1C2CCC(CC2)[C@@H]1Nc1nc(-c2c[nH]c3ncc(Cl)nc23)nc(-c2ccco2)c1F. The molecule has 0 aliphatic heterocycles. The molecule has 0 amide bonds. The van der Waals surface area contributed by atoms with E-state index in [1.807, 2.05) is 0 Å². The molecule has 174 valence electrons. The van der Waals surface area contributed by atoms with Crippen LogP contribution in [0.25, 0.3) is 34.0 Å². The van der Waals surface area contributed by atoms with Gasteiger partial charge in [-0.1, -0.05) is 11.6 Å². The fourth-order valence-electron chi connectivity index (χ4n) is 5.45. The molecule has 3 N–H and O–H groups in total. The summed E-state index contributed by atoms with van der Waals surface area (Å²) in [5.74, 6) is -1.62. The first-order valence-corrected chi connectivity index (χ1v) is 11.5. The number of hydrogen-bond donors (Lipinski definition) is 3. The zero-order valence-corrected chi connectivity index (χ0v) is 18.6. The fourth-order valence-corrected chi connectivity index (χ4v) is 5.58. The van der Waals surface area contributed by atoms with Gasteiger partial charge in [0.05, 0.1) is 23.9 Å². The van der Waals surface area contributed by atoms with Gasteiger partial charge in [0.15, 0.2) is 28.9 Å². The summed E-state index contributed by atoms with van der Waals surface area (Å²) in [6.07, 6.45) is 8.06. The lowest BCUT2D eigenvalue weighted by Gasteiger charge is -2.47. The van der Waals surface area contributed by atoms with Gasteiger partial charge >= 0.3 is 5.97 Å². The molecule has 4 aromatic heterocycles. The van der Waals surface area contributed by atoms with Crippen LogP contribution in [-0.4, -0.2) is 42.0 Å². The summed E-state index contributed by atoms with van der Waals surface area (Å²) in [4.78, 5) is 32.5. The molecule has 7 rings (SSSR count). The molecular weight excluding hydrogens is 463 g/mol. The van der Waals surface area contributed by atoms with Crippen molar-refractivity contribution >= 4 is 34.6 Å². The van der Waals surface area contributed by atoms with Crippen LogP contribution in [-0.2, 0) is 4.79 Å². The van der Waals surface area contributed by atoms with Crippen molar-refractivity contribution in [2.24, 2.45) is 17.8 Å². The average Bonchev–Trinajstić information content (AvgIpc) is 3.51. The molecule has 0 saturated heterocycles. The number of hydrogen-bond acceptors (Lipinski definition) is 7. The molecular formula is C23H20ClFN6O3. The highest BCUT2D eigenvalue weighted by molar-refractivity contribution is 6.29. The van der Waals surface area contributed by atoms with Crippen LogP contribution in [0, 0.1) is 23.6 Å². The second-order valence-electron chi connectivity index (χ2n) is 8.84. The standard InChI is InChI=1S/C23H20ClFN6O3/c24-14-9-27-22-18(28-14)12(8-26-22)20-30-19(13-2-1-7-34-13)16(25)21(31-20)29-17-11-5-3-10(4-6-11)15(17)23(32)33/h1-2,7-11,15,17H,3-6H2,(H,26,27)(H,32,33)(H,29,30,31)/t10?,11?,15-,17-/m0/s1. The van der Waals surface area contributed by atoms with Gasteiger partial charge in [-0.15, -0.1) is 0 Å². The van der Waals surface area contributed by atoms with Gasteiger partial charge in [0.25, 0.3) is 0 Å². The predicted octanol–water partition coefficient (Wildman–Crippen LogP) is 4.77. The molecule has 0 radical (unpaired) electrons. The Bertz CT molecular complexity index is 1380. The number of carboxylic acid groups (broad SMARTS) is 1. The Kier molecular flexibility index (Phi) is 4.98. The number of aliphatic carboxylic acids is 1. The first-order chi connectivity index (χ1) is 16.5. The molecule has 2 atom stereocenters. The van der Waals surface area contributed by atoms with Gasteiger partial charge in [-0.25, -0.2) is 24.3 Å². The maximum absolute atomic E-state index is 15.7. The Hall–Kier alpha value is -3.53. The summed E-state index contributed by atoms with van der Waals surface area (Å²) >= 11 is 6.04. The smallest absolute Gasteiger partial charge is 0.308 e. The van der Waals surface area contributed by atoms with Crippen molar-refractivity contribution in [3.05, 3.63) is 41.8 Å². The second kappa shape index (κ2) is 8.05. The number of aromatic nitrogens is 5. The summed E-state index contributed by atoms with van der Waals surface area (Å²) in [6, 6.07) is 2.82. The zero-order valence-electron chi connectivity index (χ0n) is 17.8. The summed E-state index contributed by atoms with van der Waals surface area (Å²) in [5.41, 5.74) is 1.38. The van der Waals surface area contributed by atoms with Crippen LogP contribution in [0.3, 0.4) is 0 Å². The van der Waals surface area contributed by atoms with Crippen LogP contribution in [0.15, 0.2) is 35.2 Å². The topological polar surface area (TPSA) is 130 Å². The van der Waals surface area contributed by atoms with E-state index in [1.165, 1.54) is 12.5 Å². The third-order valence-electron chi connectivity index (χ3n) is 7.01. The van der Waals surface area contributed by atoms with Gasteiger partial charge in [-0.3, -0.25) is 4.79 Å². The van der Waals surface area contributed by atoms with Crippen molar-refractivity contribution in [3.8, 4) is 22.8 Å². The molecule has 2 bridgehead atoms. The number of nitrogens with one attached hydrogen (secondary N) is 2. The quantitative estimate of drug-likeness (QED) is 0.371. The average molecular weight is 483 g/mol. The Morgan fingerprint density at radius 2 is 2.00 bits per heavy atom. The summed E-state index contributed by atoms with van der Waals surface area (Å²) in [6.45, 7) is 0. The second-order valence-corrected chi connectivity index (χ2v) is 9.22. The molecule has 9 nitrogen and oxygen atoms in total. The van der Waals surface area contributed by atoms with Crippen molar-refractivity contribution in [1.82, 2.24) is 24.9 Å². The largest absolute Gasteiger partial charge is 0.481 e. The number of halogens is 2. The minimum atomic E-state index is -0.866. The van der Waals surface area contributed by atoms with Crippen LogP contribution in [0.1, 0.15) is 25.7 Å². The first-order valence-electron chi connectivity index (χ1n) is 11.1. The number of aromatic amines is 1. The normalized spacial score (nSPS) is 23.9. The summed E-state index contributed by atoms with van der Waals surface area (Å²) in [7, 11) is 0. The number of carboxylic acids is 1. The molecule has 3 fully saturated rings. The Balaban J connectivity index is 1.49. The minimum absolute atomic E-state index is 0.0327. The van der Waals surface area contributed by atoms with Crippen molar-refractivity contribution in [3.63, 3.8) is 0 Å². The Morgan fingerprint density at radius 1 is 1.21 bits per heavy atom. The van der Waals surface area contributed by atoms with Gasteiger partial charge in [-0.05, 0) is 49.7 Å². The molecule has 4 heterocycles. The van der Waals surface area contributed by atoms with E-state index in [9.17, 15) is 9.90 Å². The van der Waals surface area contributed by atoms with Crippen LogP contribution >= 0.6 is 11.6 Å². The first kappa shape index (κ1) is 21.0. The lowest BCUT2D eigenvalue weighted by molar-refractivity contribution is -0.148. The highest BCUT2D eigenvalue weighted by Crippen LogP contribution is 2.46. The lowest BCUT2D eigenvalue weighted by Crippen LogP contribution is -2.51. The molecule has 0 spiro atoms. The van der Waals surface area contributed by atoms with Gasteiger partial charge in [0.2, 0.25) is 0 Å². The fraction of sp³-hybridized carbons (Fsp3) is 0.348.